The van der Waals surface area contributed by atoms with Crippen molar-refractivity contribution in [1.82, 2.24) is 67.3 Å². The fraction of sp³-hybridized carbons (Fsp3) is 0.653. The molecule has 7 aromatic rings. The van der Waals surface area contributed by atoms with E-state index in [0.717, 1.165) is 29.0 Å². The number of aliphatic hydroxyl groups excluding tert-OH is 1. The van der Waals surface area contributed by atoms with Gasteiger partial charge in [0.2, 0.25) is 0 Å². The lowest BCUT2D eigenvalue weighted by Crippen LogP contribution is -2.42. The molecule has 0 spiro atoms. The summed E-state index contributed by atoms with van der Waals surface area (Å²) in [6.07, 6.45) is -25.6. The van der Waals surface area contributed by atoms with Gasteiger partial charge < -0.3 is 140 Å². The van der Waals surface area contributed by atoms with E-state index in [9.17, 15) is 67.9 Å². The van der Waals surface area contributed by atoms with E-state index < -0.39 is 254 Å². The van der Waals surface area contributed by atoms with Crippen LogP contribution in [-0.4, -0.2) is 309 Å². The van der Waals surface area contributed by atoms with Gasteiger partial charge >= 0.3 is 63.1 Å². The molecule has 7 aromatic heterocycles. The van der Waals surface area contributed by atoms with Crippen LogP contribution in [0.25, 0.3) is 11.2 Å². The minimum Gasteiger partial charge on any atom is -0.387 e. The Hall–Kier alpha value is -6.62. The lowest BCUT2D eigenvalue weighted by atomic mass is 10.1. The second-order valence-corrected chi connectivity index (χ2v) is 44.4. The summed E-state index contributed by atoms with van der Waals surface area (Å²) in [6, 6.07) is 0. The quantitative estimate of drug-likeness (QED) is 0.0144. The summed E-state index contributed by atoms with van der Waals surface area (Å²) in [4.78, 5) is 194. The maximum atomic E-state index is 15.3. The minimum absolute atomic E-state index is 0.0342. The van der Waals surface area contributed by atoms with Gasteiger partial charge in [-0.3, -0.25) is 74.8 Å². The summed E-state index contributed by atoms with van der Waals surface area (Å²) in [7, 11) is -0.453. The number of phosphoric acid groups is 1. The van der Waals surface area contributed by atoms with Crippen LogP contribution in [0.4, 0.5) is 17.5 Å². The van der Waals surface area contributed by atoms with Gasteiger partial charge in [0, 0.05) is 100 Å². The first kappa shape index (κ1) is 108. The molecule has 0 bridgehead atoms. The number of rotatable bonds is 47. The molecule has 0 radical (unpaired) electrons. The second-order valence-electron chi connectivity index (χ2n) is 31.8. The molecule has 6 aliphatic rings. The van der Waals surface area contributed by atoms with Crippen molar-refractivity contribution in [2.45, 2.75) is 189 Å². The number of nitrogens with two attached hydrogens (primary N) is 3. The predicted octanol–water partition coefficient (Wildman–Crippen LogP) is -2.07. The normalized spacial score (nSPS) is 29.6. The van der Waals surface area contributed by atoms with Gasteiger partial charge in [0.1, 0.15) is 115 Å². The highest BCUT2D eigenvalue weighted by atomic mass is 32.5. The number of aromatic amines is 3. The van der Waals surface area contributed by atoms with E-state index in [1.807, 2.05) is 0 Å². The van der Waals surface area contributed by atoms with E-state index in [4.69, 9.17) is 176 Å². The number of aromatic nitrogens is 14. The Morgan fingerprint density at radius 3 is 1.23 bits per heavy atom. The first-order chi connectivity index (χ1) is 64.8. The Labute approximate surface area is 795 Å². The summed E-state index contributed by atoms with van der Waals surface area (Å²) in [5, 5.41) is 11.9. The molecule has 0 saturated carbocycles. The number of fused-ring (bicyclic) bond motifs is 1. The molecule has 6 fully saturated rings. The molecular formula is C72H104N17O39P5S4. The number of phosphoric ester groups is 1. The zero-order valence-corrected chi connectivity index (χ0v) is 82.3. The van der Waals surface area contributed by atoms with Crippen molar-refractivity contribution in [3.63, 3.8) is 0 Å². The molecular weight excluding hydrogens is 2010 g/mol. The maximum absolute atomic E-state index is 15.3. The number of nitrogens with zero attached hydrogens (tertiary/aromatic N) is 11. The van der Waals surface area contributed by atoms with E-state index in [0.29, 0.717) is 0 Å². The third kappa shape index (κ3) is 26.1. The number of nitrogen functional groups attached to an aromatic ring is 3. The molecule has 65 heteroatoms. The van der Waals surface area contributed by atoms with E-state index in [1.54, 1.807) is 6.92 Å². The molecule has 15 N–H and O–H groups in total. The number of aliphatic hydroxyl groups is 1. The van der Waals surface area contributed by atoms with Gasteiger partial charge in [-0.2, -0.15) is 9.97 Å². The van der Waals surface area contributed by atoms with Gasteiger partial charge in [-0.05, 0) is 88.8 Å². The summed E-state index contributed by atoms with van der Waals surface area (Å²) in [5.41, 5.74) is 12.2. The van der Waals surface area contributed by atoms with Gasteiger partial charge in [-0.25, -0.2) is 43.5 Å². The van der Waals surface area contributed by atoms with Gasteiger partial charge in [-0.15, -0.1) is 0 Å². The average Bonchev–Trinajstić information content (AvgIpc) is 1.63. The zero-order valence-electron chi connectivity index (χ0n) is 74.5. The summed E-state index contributed by atoms with van der Waals surface area (Å²) in [5.74, 6) is -0.349. The fourth-order valence-corrected chi connectivity index (χ4v) is 22.2. The van der Waals surface area contributed by atoms with Crippen LogP contribution in [0.5, 0.6) is 0 Å². The molecule has 0 amide bonds. The minimum atomic E-state index is -5.87. The van der Waals surface area contributed by atoms with Crippen molar-refractivity contribution in [2.75, 3.05) is 132 Å². The standard InChI is InChI=1S/C72H104N17O39P5S4/c1-33-21-86(68(94)79-57(33)73)65-54(110-16-12-106-8)50(44(122-65)29-116-131(102,135)125-40-20-47(85-24-36(4)62(92)82-71(85)97)119-41(40)26-114-130(101,134)124-39-19-46(118-38(39)6)84-23-35(3)61(91)81-70(84)96)126-129(99,100)113-28-43-51(55(111-17-13-107-9)67(121-43)88-25-37(5)63(93)83-72(88)98)127-133(104,137)117-30-45-52(56(112-18-14-108-10)66(123-45)87-22-34(2)58(74)80-69(87)95)128-132(103,136)115-27-42-49(90)53(109-15-11-105-7)64(120-42)89-32-78-48-59(75)76-31-77-60(48)89/h21-25,31-32,38-47,49-56,64-67,90H,11-20,26-30H2,1-10H3,(H,99,100)(H,101,134)(H,102,135)(H,103,136)(H,104,137)(H2,73,79,94)(H2,74,80,95)(H2,75,76,77)(H,81,91,96)(H,82,92,97)(H,83,93,98)/t38-,39?,40?,41-,42-,43-,44-,45-,46-,47-,49?,50?,51?,52?,53+,54+,55+,56+,64-,65-,66-,67-,130?,131?,132?,133?/m1/s1. The molecule has 137 heavy (non-hydrogen) atoms. The van der Waals surface area contributed by atoms with Crippen LogP contribution in [0, 0.1) is 34.6 Å². The highest BCUT2D eigenvalue weighted by Crippen LogP contribution is 2.57. The topological polar surface area (TPSA) is 716 Å². The number of nitrogens with one attached hydrogen (secondary N) is 3. The summed E-state index contributed by atoms with van der Waals surface area (Å²) in [6.45, 7) is -16.4. The van der Waals surface area contributed by atoms with E-state index >= 15 is 4.57 Å². The van der Waals surface area contributed by atoms with Gasteiger partial charge in [-0.1, -0.05) is 0 Å². The van der Waals surface area contributed by atoms with Crippen molar-refractivity contribution in [3.8, 4) is 0 Å². The second kappa shape index (κ2) is 46.0. The molecule has 56 nitrogen and oxygen atoms in total. The first-order valence-electron chi connectivity index (χ1n) is 41.7. The Balaban J connectivity index is 0.774. The summed E-state index contributed by atoms with van der Waals surface area (Å²) >= 11 is 22.6. The molecule has 13 heterocycles. The van der Waals surface area contributed by atoms with Crippen LogP contribution < -0.4 is 62.3 Å². The largest absolute Gasteiger partial charge is 0.472 e. The lowest BCUT2D eigenvalue weighted by Gasteiger charge is -2.30. The molecule has 0 aromatic carbocycles. The van der Waals surface area contributed by atoms with Crippen LogP contribution in [0.2, 0.25) is 0 Å². The Bertz CT molecular complexity index is 6220. The third-order valence-corrected chi connectivity index (χ3v) is 29.5. The lowest BCUT2D eigenvalue weighted by molar-refractivity contribution is -0.0848. The third-order valence-electron chi connectivity index (χ3n) is 22.3. The summed E-state index contributed by atoms with van der Waals surface area (Å²) < 4.78 is 166. The number of methoxy groups -OCH3 is 4. The molecule has 760 valence electrons. The van der Waals surface area contributed by atoms with Crippen molar-refractivity contribution in [3.05, 3.63) is 155 Å². The maximum Gasteiger partial charge on any atom is 0.472 e. The molecule has 13 rings (SSSR count). The zero-order chi connectivity index (χ0) is 99.2. The Kier molecular flexibility index (Phi) is 36.1. The van der Waals surface area contributed by atoms with Crippen molar-refractivity contribution in [2.24, 2.45) is 0 Å². The molecule has 6 saturated heterocycles. The number of hydrogen-bond donors (Lipinski definition) is 12. The van der Waals surface area contributed by atoms with Crippen LogP contribution in [0.3, 0.4) is 0 Å². The number of aryl methyl sites for hydroxylation is 5. The smallest absolute Gasteiger partial charge is 0.387 e. The number of hydrogen-bond acceptors (Lipinski definition) is 46. The van der Waals surface area contributed by atoms with Crippen molar-refractivity contribution in [1.29, 1.82) is 0 Å². The van der Waals surface area contributed by atoms with Gasteiger partial charge in [0.25, 0.3) is 16.7 Å². The van der Waals surface area contributed by atoms with E-state index in [-0.39, 0.29) is 116 Å². The van der Waals surface area contributed by atoms with Crippen LogP contribution in [0.15, 0.2) is 82.0 Å². The highest BCUT2D eigenvalue weighted by Gasteiger charge is 2.57. The molecule has 0 aliphatic carbocycles. The van der Waals surface area contributed by atoms with E-state index in [2.05, 4.69) is 39.9 Å². The Morgan fingerprint density at radius 1 is 0.409 bits per heavy atom. The molecule has 11 unspecified atom stereocenters. The van der Waals surface area contributed by atoms with Crippen molar-refractivity contribution < 1.29 is 146 Å². The van der Waals surface area contributed by atoms with Gasteiger partial charge in [0.15, 0.2) is 36.4 Å². The predicted molar refractivity (Wildman–Crippen MR) is 484 cm³/mol. The van der Waals surface area contributed by atoms with Crippen LogP contribution in [0.1, 0.15) is 85.0 Å². The average molecular weight is 2110 g/mol. The molecule has 27 atom stereocenters. The Morgan fingerprint density at radius 2 is 0.766 bits per heavy atom. The number of imidazole rings is 1. The van der Waals surface area contributed by atoms with Crippen molar-refractivity contribution >= 4 is 111 Å². The number of H-pyrrole nitrogens is 3. The fourth-order valence-electron chi connectivity index (χ4n) is 15.4. The highest BCUT2D eigenvalue weighted by molar-refractivity contribution is 8.08. The van der Waals surface area contributed by atoms with Crippen LogP contribution >= 0.6 is 34.7 Å². The van der Waals surface area contributed by atoms with Gasteiger partial charge in [0.05, 0.1) is 111 Å². The SMILES string of the molecule is COCCO[C@H]1C(OP(=O)(O)OC[C@H]2O[C@@H](n3cc(C)c(=O)[nH]c3=O)[C@@H](OCCOC)C2OP(O)(=S)OC[C@H]2O[C@@H](n3cc(C)c(N)nc3=O)[C@@H](OCCOC)C2OP(O)(=S)OC[C@H]2O[C@@H](n3cnc4c(N)ncnc43)[C@@H](OCCOC)C2O)[C@@H](COP(O)(=S)OC2C[C@H](n3cc(C)c(=O)[nH]c3=O)O[C@@H]2COP(O)(=S)OC2C[C@H](n3cc(C)c(=O)[nH]c3=O)O[C@@H]2C)O[C@H]1n1cc(C)c(N)nc1=O. The monoisotopic (exact) mass is 2110 g/mol. The first-order valence-corrected chi connectivity index (χ1v) is 53.6. The van der Waals surface area contributed by atoms with E-state index in [1.165, 1.54) is 105 Å². The molecule has 6 aliphatic heterocycles. The number of ether oxygens (including phenoxy) is 14. The number of anilines is 3. The van der Waals surface area contributed by atoms with Crippen LogP contribution in [-0.2, 0) is 163 Å².